The number of hydrogen-bond donors (Lipinski definition) is 1. The topological polar surface area (TPSA) is 50.8 Å². The first-order valence-electron chi connectivity index (χ1n) is 10.6. The molecule has 1 unspecified atom stereocenters. The fraction of sp³-hybridized carbons (Fsp3) is 0.458. The van der Waals surface area contributed by atoms with E-state index in [-0.39, 0.29) is 11.7 Å². The van der Waals surface area contributed by atoms with Gasteiger partial charge in [0.2, 0.25) is 5.91 Å². The van der Waals surface area contributed by atoms with Gasteiger partial charge in [-0.25, -0.2) is 0 Å². The SMILES string of the molecule is COc1ccc(NC(=O)CCC2CCCN(Cc3ccccc3OC(F)F)C2)c(C)c1. The third-order valence-corrected chi connectivity index (χ3v) is 5.67. The molecule has 0 bridgehead atoms. The van der Waals surface area contributed by atoms with Crippen LogP contribution in [0, 0.1) is 12.8 Å². The molecule has 2 aromatic rings. The lowest BCUT2D eigenvalue weighted by atomic mass is 9.93. The summed E-state index contributed by atoms with van der Waals surface area (Å²) in [5.74, 6) is 1.40. The van der Waals surface area contributed by atoms with Crippen molar-refractivity contribution in [3.8, 4) is 11.5 Å². The Morgan fingerprint density at radius 3 is 2.81 bits per heavy atom. The quantitative estimate of drug-likeness (QED) is 0.589. The van der Waals surface area contributed by atoms with Gasteiger partial charge in [0.15, 0.2) is 0 Å². The normalized spacial score (nSPS) is 16.9. The molecule has 0 radical (unpaired) electrons. The van der Waals surface area contributed by atoms with Crippen molar-refractivity contribution >= 4 is 11.6 Å². The van der Waals surface area contributed by atoms with Crippen LogP contribution in [0.2, 0.25) is 0 Å². The number of likely N-dealkylation sites (tertiary alicyclic amines) is 1. The highest BCUT2D eigenvalue weighted by molar-refractivity contribution is 5.91. The van der Waals surface area contributed by atoms with Gasteiger partial charge in [-0.1, -0.05) is 18.2 Å². The first kappa shape index (κ1) is 23.0. The van der Waals surface area contributed by atoms with Gasteiger partial charge in [-0.15, -0.1) is 0 Å². The summed E-state index contributed by atoms with van der Waals surface area (Å²) in [7, 11) is 1.62. The summed E-state index contributed by atoms with van der Waals surface area (Å²) in [6, 6.07) is 12.5. The Morgan fingerprint density at radius 2 is 2.06 bits per heavy atom. The zero-order valence-electron chi connectivity index (χ0n) is 18.1. The van der Waals surface area contributed by atoms with Crippen LogP contribution in [0.15, 0.2) is 42.5 Å². The summed E-state index contributed by atoms with van der Waals surface area (Å²) in [5.41, 5.74) is 2.52. The number of halogens is 2. The Balaban J connectivity index is 1.49. The Hall–Kier alpha value is -2.67. The highest BCUT2D eigenvalue weighted by atomic mass is 19.3. The van der Waals surface area contributed by atoms with Crippen LogP contribution in [0.3, 0.4) is 0 Å². The molecule has 0 spiro atoms. The zero-order chi connectivity index (χ0) is 22.2. The van der Waals surface area contributed by atoms with Crippen LogP contribution >= 0.6 is 0 Å². The maximum atomic E-state index is 12.7. The van der Waals surface area contributed by atoms with Gasteiger partial charge in [0.1, 0.15) is 11.5 Å². The second-order valence-electron chi connectivity index (χ2n) is 8.00. The molecule has 1 fully saturated rings. The lowest BCUT2D eigenvalue weighted by Gasteiger charge is -2.33. The van der Waals surface area contributed by atoms with Gasteiger partial charge < -0.3 is 14.8 Å². The molecule has 1 atom stereocenters. The monoisotopic (exact) mass is 432 g/mol. The molecule has 2 aromatic carbocycles. The largest absolute Gasteiger partial charge is 0.497 e. The molecule has 31 heavy (non-hydrogen) atoms. The number of rotatable bonds is 9. The third kappa shape index (κ3) is 6.92. The first-order chi connectivity index (χ1) is 14.9. The maximum Gasteiger partial charge on any atom is 0.387 e. The molecular weight excluding hydrogens is 402 g/mol. The fourth-order valence-electron chi connectivity index (χ4n) is 4.07. The van der Waals surface area contributed by atoms with Gasteiger partial charge in [-0.05, 0) is 68.5 Å². The van der Waals surface area contributed by atoms with Gasteiger partial charge in [-0.2, -0.15) is 8.78 Å². The zero-order valence-corrected chi connectivity index (χ0v) is 18.1. The van der Waals surface area contributed by atoms with Crippen molar-refractivity contribution in [3.05, 3.63) is 53.6 Å². The number of nitrogens with one attached hydrogen (secondary N) is 1. The van der Waals surface area contributed by atoms with Crippen LogP contribution in [-0.4, -0.2) is 37.6 Å². The van der Waals surface area contributed by atoms with Gasteiger partial charge >= 0.3 is 6.61 Å². The Bertz CT molecular complexity index is 876. The molecular formula is C24H30F2N2O3. The number of ether oxygens (including phenoxy) is 2. The van der Waals surface area contributed by atoms with E-state index in [2.05, 4.69) is 15.0 Å². The molecule has 1 aliphatic heterocycles. The lowest BCUT2D eigenvalue weighted by Crippen LogP contribution is -2.35. The minimum Gasteiger partial charge on any atom is -0.497 e. The summed E-state index contributed by atoms with van der Waals surface area (Å²) in [5, 5.41) is 2.98. The van der Waals surface area contributed by atoms with E-state index in [9.17, 15) is 13.6 Å². The highest BCUT2D eigenvalue weighted by Gasteiger charge is 2.22. The van der Waals surface area contributed by atoms with Gasteiger partial charge in [0, 0.05) is 30.8 Å². The Kier molecular flexibility index (Phi) is 8.23. The number of piperidine rings is 1. The molecule has 1 aliphatic rings. The van der Waals surface area contributed by atoms with E-state index in [1.54, 1.807) is 19.2 Å². The second kappa shape index (κ2) is 11.1. The number of para-hydroxylation sites is 1. The predicted octanol–water partition coefficient (Wildman–Crippen LogP) is 5.24. The molecule has 0 aromatic heterocycles. The Morgan fingerprint density at radius 1 is 1.26 bits per heavy atom. The number of methoxy groups -OCH3 is 1. The first-order valence-corrected chi connectivity index (χ1v) is 10.6. The Labute approximate surface area is 182 Å². The number of amides is 1. The van der Waals surface area contributed by atoms with Crippen molar-refractivity contribution in [2.24, 2.45) is 5.92 Å². The molecule has 5 nitrogen and oxygen atoms in total. The molecule has 1 amide bonds. The number of alkyl halides is 2. The van der Waals surface area contributed by atoms with E-state index in [4.69, 9.17) is 4.74 Å². The van der Waals surface area contributed by atoms with E-state index in [0.29, 0.717) is 18.9 Å². The molecule has 0 saturated carbocycles. The van der Waals surface area contributed by atoms with Crippen LogP contribution in [0.4, 0.5) is 14.5 Å². The number of hydrogen-bond acceptors (Lipinski definition) is 4. The van der Waals surface area contributed by atoms with E-state index in [0.717, 1.165) is 54.9 Å². The van der Waals surface area contributed by atoms with Crippen LogP contribution in [0.25, 0.3) is 0 Å². The van der Waals surface area contributed by atoms with Crippen LogP contribution < -0.4 is 14.8 Å². The van der Waals surface area contributed by atoms with Crippen LogP contribution in [0.1, 0.15) is 36.8 Å². The molecule has 7 heteroatoms. The summed E-state index contributed by atoms with van der Waals surface area (Å²) >= 11 is 0. The number of aryl methyl sites for hydroxylation is 1. The minimum absolute atomic E-state index is 0.000990. The van der Waals surface area contributed by atoms with Crippen molar-refractivity contribution in [2.45, 2.75) is 45.8 Å². The lowest BCUT2D eigenvalue weighted by molar-refractivity contribution is -0.116. The maximum absolute atomic E-state index is 12.7. The highest BCUT2D eigenvalue weighted by Crippen LogP contribution is 2.27. The number of carbonyl (C=O) groups is 1. The standard InChI is InChI=1S/C24H30F2N2O3/c1-17-14-20(30-2)10-11-21(17)27-23(29)12-9-18-6-5-13-28(15-18)16-19-7-3-4-8-22(19)31-24(25)26/h3-4,7-8,10-11,14,18,24H,5-6,9,12-13,15-16H2,1-2H3,(H,27,29). The van der Waals surface area contributed by atoms with Gasteiger partial charge in [0.05, 0.1) is 7.11 Å². The number of anilines is 1. The van der Waals surface area contributed by atoms with Crippen molar-refractivity contribution in [1.29, 1.82) is 0 Å². The van der Waals surface area contributed by atoms with Crippen molar-refractivity contribution in [2.75, 3.05) is 25.5 Å². The fourth-order valence-corrected chi connectivity index (χ4v) is 4.07. The average molecular weight is 433 g/mol. The number of carbonyl (C=O) groups excluding carboxylic acids is 1. The van der Waals surface area contributed by atoms with Crippen LogP contribution in [-0.2, 0) is 11.3 Å². The summed E-state index contributed by atoms with van der Waals surface area (Å²) in [4.78, 5) is 14.7. The van der Waals surface area contributed by atoms with E-state index >= 15 is 0 Å². The average Bonchev–Trinajstić information content (AvgIpc) is 2.75. The van der Waals surface area contributed by atoms with Gasteiger partial charge in [0.25, 0.3) is 0 Å². The van der Waals surface area contributed by atoms with Crippen LogP contribution in [0.5, 0.6) is 11.5 Å². The summed E-state index contributed by atoms with van der Waals surface area (Å²) in [6.45, 7) is 1.43. The van der Waals surface area contributed by atoms with Crippen molar-refractivity contribution < 1.29 is 23.0 Å². The molecule has 1 saturated heterocycles. The second-order valence-corrected chi connectivity index (χ2v) is 8.00. The smallest absolute Gasteiger partial charge is 0.387 e. The van der Waals surface area contributed by atoms with E-state index in [1.807, 2.05) is 37.3 Å². The molecule has 1 N–H and O–H groups in total. The summed E-state index contributed by atoms with van der Waals surface area (Å²) in [6.07, 6.45) is 3.35. The summed E-state index contributed by atoms with van der Waals surface area (Å²) < 4.78 is 35.2. The number of nitrogens with zero attached hydrogens (tertiary/aromatic N) is 1. The number of benzene rings is 2. The van der Waals surface area contributed by atoms with Crippen molar-refractivity contribution in [1.82, 2.24) is 4.90 Å². The van der Waals surface area contributed by atoms with E-state index < -0.39 is 6.61 Å². The molecule has 0 aliphatic carbocycles. The van der Waals surface area contributed by atoms with Crippen molar-refractivity contribution in [3.63, 3.8) is 0 Å². The molecule has 3 rings (SSSR count). The molecule has 168 valence electrons. The molecule has 1 heterocycles. The van der Waals surface area contributed by atoms with Gasteiger partial charge in [-0.3, -0.25) is 9.69 Å². The predicted molar refractivity (Wildman–Crippen MR) is 117 cm³/mol. The third-order valence-electron chi connectivity index (χ3n) is 5.67. The van der Waals surface area contributed by atoms with E-state index in [1.165, 1.54) is 0 Å². The minimum atomic E-state index is -2.83.